The van der Waals surface area contributed by atoms with Crippen molar-refractivity contribution in [2.24, 2.45) is 0 Å². The average molecular weight is 396 g/mol. The van der Waals surface area contributed by atoms with E-state index in [1.165, 1.54) is 39.5 Å². The monoisotopic (exact) mass is 395 g/mol. The Labute approximate surface area is 184 Å². The molecule has 0 heterocycles. The summed E-state index contributed by atoms with van der Waals surface area (Å²) >= 11 is 0. The van der Waals surface area contributed by atoms with Crippen molar-refractivity contribution in [1.29, 1.82) is 0 Å². The second kappa shape index (κ2) is 16.6. The zero-order chi connectivity index (χ0) is 22.8. The normalized spacial score (nSPS) is 8.53. The fourth-order valence-corrected chi connectivity index (χ4v) is 2.32. The molecule has 0 aliphatic rings. The maximum atomic E-state index is 3.69. The first-order valence-corrected chi connectivity index (χ1v) is 9.88. The third-order valence-corrected chi connectivity index (χ3v) is 4.00. The van der Waals surface area contributed by atoms with Gasteiger partial charge in [0.1, 0.15) is 0 Å². The SMILES string of the molecule is C=Cc1ccc(C)cc1.C=Cc1cccc(C)c1.C=Cc1ccccc1C.[CH2]C=C. The summed E-state index contributed by atoms with van der Waals surface area (Å²) in [7, 11) is 0. The molecule has 0 heteroatoms. The van der Waals surface area contributed by atoms with E-state index in [0.29, 0.717) is 0 Å². The predicted molar refractivity (Wildman–Crippen MR) is 139 cm³/mol. The van der Waals surface area contributed by atoms with Gasteiger partial charge in [0.15, 0.2) is 0 Å². The van der Waals surface area contributed by atoms with Crippen molar-refractivity contribution in [3.63, 3.8) is 0 Å². The van der Waals surface area contributed by atoms with Gasteiger partial charge in [-0.2, -0.15) is 0 Å². The Hall–Kier alpha value is -3.38. The Balaban J connectivity index is 0.000000394. The topological polar surface area (TPSA) is 0 Å². The molecule has 155 valence electrons. The molecule has 0 nitrogen and oxygen atoms in total. The molecule has 0 aliphatic heterocycles. The molecule has 0 fully saturated rings. The van der Waals surface area contributed by atoms with Crippen molar-refractivity contribution in [3.05, 3.63) is 145 Å². The maximum Gasteiger partial charge on any atom is -0.0233 e. The molecule has 0 amide bonds. The van der Waals surface area contributed by atoms with Crippen molar-refractivity contribution in [2.75, 3.05) is 0 Å². The molecule has 30 heavy (non-hydrogen) atoms. The third-order valence-electron chi connectivity index (χ3n) is 4.00. The van der Waals surface area contributed by atoms with E-state index in [1.54, 1.807) is 0 Å². The molecule has 0 aromatic heterocycles. The fourth-order valence-electron chi connectivity index (χ4n) is 2.32. The van der Waals surface area contributed by atoms with E-state index < -0.39 is 0 Å². The highest BCUT2D eigenvalue weighted by molar-refractivity contribution is 5.51. The van der Waals surface area contributed by atoms with Crippen LogP contribution in [0.5, 0.6) is 0 Å². The maximum absolute atomic E-state index is 3.69. The third kappa shape index (κ3) is 12.2. The van der Waals surface area contributed by atoms with Gasteiger partial charge in [0.2, 0.25) is 0 Å². The first-order valence-electron chi connectivity index (χ1n) is 9.88. The van der Waals surface area contributed by atoms with Gasteiger partial charge in [0.05, 0.1) is 0 Å². The molecule has 0 spiro atoms. The molecule has 0 bridgehead atoms. The van der Waals surface area contributed by atoms with Crippen LogP contribution in [0.25, 0.3) is 18.2 Å². The van der Waals surface area contributed by atoms with Gasteiger partial charge < -0.3 is 0 Å². The van der Waals surface area contributed by atoms with Crippen LogP contribution >= 0.6 is 0 Å². The van der Waals surface area contributed by atoms with Crippen molar-refractivity contribution in [3.8, 4) is 0 Å². The zero-order valence-electron chi connectivity index (χ0n) is 18.8. The quantitative estimate of drug-likeness (QED) is 0.415. The molecule has 3 rings (SSSR count). The summed E-state index contributed by atoms with van der Waals surface area (Å²) in [6.07, 6.45) is 7.07. The van der Waals surface area contributed by atoms with Gasteiger partial charge in [-0.15, -0.1) is 6.58 Å². The summed E-state index contributed by atoms with van der Waals surface area (Å²) in [4.78, 5) is 0. The van der Waals surface area contributed by atoms with Crippen molar-refractivity contribution in [2.45, 2.75) is 20.8 Å². The molecule has 0 saturated carbocycles. The lowest BCUT2D eigenvalue weighted by molar-refractivity contribution is 1.45. The molecule has 0 atom stereocenters. The van der Waals surface area contributed by atoms with Crippen molar-refractivity contribution in [1.82, 2.24) is 0 Å². The second-order valence-corrected chi connectivity index (χ2v) is 6.58. The lowest BCUT2D eigenvalue weighted by Crippen LogP contribution is -1.75. The van der Waals surface area contributed by atoms with Gasteiger partial charge in [-0.05, 0) is 49.9 Å². The molecule has 1 radical (unpaired) electrons. The van der Waals surface area contributed by atoms with Crippen LogP contribution in [-0.2, 0) is 0 Å². The minimum atomic E-state index is 1.18. The van der Waals surface area contributed by atoms with Crippen LogP contribution in [0.15, 0.2) is 105 Å². The van der Waals surface area contributed by atoms with Crippen LogP contribution in [0.1, 0.15) is 33.4 Å². The number of rotatable bonds is 3. The minimum Gasteiger partial charge on any atom is -0.103 e. The molecule has 0 unspecified atom stereocenters. The molecule has 0 N–H and O–H groups in total. The predicted octanol–water partition coefficient (Wildman–Crippen LogP) is 8.92. The average Bonchev–Trinajstić information content (AvgIpc) is 2.76. The highest BCUT2D eigenvalue weighted by Gasteiger charge is 1.87. The van der Waals surface area contributed by atoms with Crippen LogP contribution < -0.4 is 0 Å². The van der Waals surface area contributed by atoms with Crippen molar-refractivity contribution < 1.29 is 0 Å². The Morgan fingerprint density at radius 3 is 1.53 bits per heavy atom. The number of aryl methyl sites for hydroxylation is 3. The Morgan fingerprint density at radius 1 is 0.567 bits per heavy atom. The number of benzene rings is 3. The molecule has 3 aromatic carbocycles. The van der Waals surface area contributed by atoms with E-state index in [1.807, 2.05) is 42.5 Å². The largest absolute Gasteiger partial charge is 0.103 e. The van der Waals surface area contributed by atoms with Crippen LogP contribution in [-0.4, -0.2) is 0 Å². The summed E-state index contributed by atoms with van der Waals surface area (Å²) < 4.78 is 0. The standard InChI is InChI=1S/3C9H10.C3H5/c1-3-9-6-4-8(2)5-7-9;1-3-9-6-4-5-8(2)7-9;1-3-9-7-5-4-6-8(9)2;1-3-2/h3*3-7H,1H2,2H3;3H,1-2H2. The number of allylic oxidation sites excluding steroid dienone is 1. The number of hydrogen-bond donors (Lipinski definition) is 0. The molecular formula is C30H35. The lowest BCUT2D eigenvalue weighted by atomic mass is 10.1. The van der Waals surface area contributed by atoms with Crippen LogP contribution in [0, 0.1) is 27.7 Å². The zero-order valence-corrected chi connectivity index (χ0v) is 18.8. The van der Waals surface area contributed by atoms with E-state index in [9.17, 15) is 0 Å². The minimum absolute atomic E-state index is 1.18. The Kier molecular flexibility index (Phi) is 14.7. The first kappa shape index (κ1) is 26.6. The summed E-state index contributed by atoms with van der Waals surface area (Å²) in [5.74, 6) is 0. The van der Waals surface area contributed by atoms with Crippen LogP contribution in [0.4, 0.5) is 0 Å². The Bertz CT molecular complexity index is 895. The van der Waals surface area contributed by atoms with Gasteiger partial charge in [-0.25, -0.2) is 0 Å². The smallest absolute Gasteiger partial charge is 0.0233 e. The lowest BCUT2D eigenvalue weighted by Gasteiger charge is -1.95. The van der Waals surface area contributed by atoms with Gasteiger partial charge >= 0.3 is 0 Å². The molecule has 0 aliphatic carbocycles. The second-order valence-electron chi connectivity index (χ2n) is 6.58. The summed E-state index contributed by atoms with van der Waals surface area (Å²) in [6, 6.07) is 24.7. The summed E-state index contributed by atoms with van der Waals surface area (Å²) in [6.45, 7) is 23.8. The van der Waals surface area contributed by atoms with E-state index in [2.05, 4.69) is 103 Å². The van der Waals surface area contributed by atoms with Crippen molar-refractivity contribution >= 4 is 18.2 Å². The first-order chi connectivity index (χ1) is 14.4. The van der Waals surface area contributed by atoms with E-state index >= 15 is 0 Å². The fraction of sp³-hybridized carbons (Fsp3) is 0.100. The van der Waals surface area contributed by atoms with Crippen LogP contribution in [0.3, 0.4) is 0 Å². The number of hydrogen-bond acceptors (Lipinski definition) is 0. The molecular weight excluding hydrogens is 360 g/mol. The highest BCUT2D eigenvalue weighted by Crippen LogP contribution is 2.07. The van der Waals surface area contributed by atoms with E-state index in [4.69, 9.17) is 0 Å². The van der Waals surface area contributed by atoms with Gasteiger partial charge in [0.25, 0.3) is 0 Å². The molecule has 3 aromatic rings. The van der Waals surface area contributed by atoms with Gasteiger partial charge in [-0.3, -0.25) is 0 Å². The molecule has 0 saturated heterocycles. The van der Waals surface area contributed by atoms with Crippen LogP contribution in [0.2, 0.25) is 0 Å². The van der Waals surface area contributed by atoms with Gasteiger partial charge in [0, 0.05) is 0 Å². The van der Waals surface area contributed by atoms with E-state index in [-0.39, 0.29) is 0 Å². The Morgan fingerprint density at radius 2 is 1.13 bits per heavy atom. The summed E-state index contributed by atoms with van der Waals surface area (Å²) in [5, 5.41) is 0. The highest BCUT2D eigenvalue weighted by atomic mass is 13.9. The van der Waals surface area contributed by atoms with E-state index in [0.717, 1.165) is 0 Å². The summed E-state index contributed by atoms with van der Waals surface area (Å²) in [5.41, 5.74) is 7.45. The van der Waals surface area contributed by atoms with Gasteiger partial charge in [-0.1, -0.05) is 128 Å².